The molecule has 0 atom stereocenters. The second-order valence-corrected chi connectivity index (χ2v) is 12.9. The minimum Gasteiger partial charge on any atom is -0.465 e. The summed E-state index contributed by atoms with van der Waals surface area (Å²) in [5.41, 5.74) is 1.22. The molecule has 5 nitrogen and oxygen atoms in total. The van der Waals surface area contributed by atoms with Gasteiger partial charge >= 0.3 is 5.97 Å². The van der Waals surface area contributed by atoms with Gasteiger partial charge in [-0.3, -0.25) is 0 Å². The molecule has 0 aliphatic rings. The topological polar surface area (TPSA) is 53.4 Å². The van der Waals surface area contributed by atoms with Crippen LogP contribution in [0.4, 0.5) is 0 Å². The van der Waals surface area contributed by atoms with Gasteiger partial charge in [-0.1, -0.05) is 19.6 Å². The highest BCUT2D eigenvalue weighted by Crippen LogP contribution is 2.24. The third kappa shape index (κ3) is 4.18. The zero-order valence-electron chi connectivity index (χ0n) is 13.4. The monoisotopic (exact) mass is 384 g/mol. The van der Waals surface area contributed by atoms with E-state index in [0.717, 1.165) is 28.2 Å². The van der Waals surface area contributed by atoms with Gasteiger partial charge in [0, 0.05) is 36.9 Å². The molecule has 22 heavy (non-hydrogen) atoms. The first-order valence-corrected chi connectivity index (χ1v) is 11.6. The second-order valence-electron chi connectivity index (χ2n) is 6.38. The molecule has 120 valence electrons. The van der Waals surface area contributed by atoms with E-state index in [0.29, 0.717) is 12.3 Å². The first kappa shape index (κ1) is 17.2. The molecule has 0 saturated carbocycles. The summed E-state index contributed by atoms with van der Waals surface area (Å²) < 4.78 is 13.3. The number of hydrogen-bond acceptors (Lipinski definition) is 4. The Kier molecular flexibility index (Phi) is 5.41. The molecule has 0 bridgehead atoms. The average molecular weight is 385 g/mol. The van der Waals surface area contributed by atoms with Crippen LogP contribution in [-0.4, -0.2) is 37.3 Å². The summed E-state index contributed by atoms with van der Waals surface area (Å²) in [7, 11) is 0.271. The number of nitrogens with zero attached hydrogens (tertiary/aromatic N) is 2. The number of aromatic nitrogens is 2. The van der Waals surface area contributed by atoms with Crippen molar-refractivity contribution in [3.63, 3.8) is 0 Å². The Bertz CT molecular complexity index is 679. The van der Waals surface area contributed by atoms with Crippen LogP contribution in [0, 0.1) is 0 Å². The molecule has 0 spiro atoms. The summed E-state index contributed by atoms with van der Waals surface area (Å²) in [5.74, 6) is -0.370. The normalized spacial score (nSPS) is 11.9. The zero-order valence-corrected chi connectivity index (χ0v) is 15.9. The molecule has 2 rings (SSSR count). The van der Waals surface area contributed by atoms with Gasteiger partial charge in [-0.2, -0.15) is 0 Å². The Labute approximate surface area is 139 Å². The van der Waals surface area contributed by atoms with Gasteiger partial charge in [0.2, 0.25) is 0 Å². The molecule has 2 aromatic rings. The summed E-state index contributed by atoms with van der Waals surface area (Å²) in [6.45, 7) is 8.05. The third-order valence-electron chi connectivity index (χ3n) is 3.31. The highest BCUT2D eigenvalue weighted by molar-refractivity contribution is 9.10. The van der Waals surface area contributed by atoms with Crippen molar-refractivity contribution in [2.75, 3.05) is 13.7 Å². The maximum absolute atomic E-state index is 11.9. The van der Waals surface area contributed by atoms with Crippen molar-refractivity contribution >= 4 is 41.0 Å². The van der Waals surface area contributed by atoms with Crippen molar-refractivity contribution in [2.45, 2.75) is 32.4 Å². The van der Waals surface area contributed by atoms with Gasteiger partial charge < -0.3 is 14.0 Å². The minimum atomic E-state index is -1.11. The largest absolute Gasteiger partial charge is 0.465 e. The number of fused-ring (bicyclic) bond motifs is 1. The van der Waals surface area contributed by atoms with Crippen LogP contribution in [0.3, 0.4) is 0 Å². The Morgan fingerprint density at radius 1 is 1.41 bits per heavy atom. The fourth-order valence-corrected chi connectivity index (χ4v) is 3.15. The Morgan fingerprint density at radius 2 is 2.14 bits per heavy atom. The van der Waals surface area contributed by atoms with Gasteiger partial charge in [0.15, 0.2) is 0 Å². The van der Waals surface area contributed by atoms with Crippen molar-refractivity contribution < 1.29 is 14.3 Å². The van der Waals surface area contributed by atoms with Gasteiger partial charge in [0.05, 0.1) is 12.7 Å². The Morgan fingerprint density at radius 3 is 2.77 bits per heavy atom. The van der Waals surface area contributed by atoms with Gasteiger partial charge in [-0.05, 0) is 28.0 Å². The molecule has 0 aliphatic heterocycles. The van der Waals surface area contributed by atoms with E-state index in [1.165, 1.54) is 7.11 Å². The molecule has 2 heterocycles. The van der Waals surface area contributed by atoms with Crippen LogP contribution in [0.5, 0.6) is 0 Å². The lowest BCUT2D eigenvalue weighted by Gasteiger charge is -2.15. The SMILES string of the molecule is COC(=O)c1cn(COCC[Si](C)(C)C)c2ncc(Br)cc12. The van der Waals surface area contributed by atoms with Crippen molar-refractivity contribution in [3.05, 3.63) is 28.5 Å². The molecule has 0 unspecified atom stereocenters. The van der Waals surface area contributed by atoms with Crippen LogP contribution >= 0.6 is 15.9 Å². The quantitative estimate of drug-likeness (QED) is 0.430. The number of hydrogen-bond donors (Lipinski definition) is 0. The highest BCUT2D eigenvalue weighted by Gasteiger charge is 2.17. The predicted molar refractivity (Wildman–Crippen MR) is 92.9 cm³/mol. The van der Waals surface area contributed by atoms with Crippen molar-refractivity contribution in [1.29, 1.82) is 0 Å². The van der Waals surface area contributed by atoms with E-state index in [2.05, 4.69) is 40.6 Å². The maximum Gasteiger partial charge on any atom is 0.340 e. The summed E-state index contributed by atoms with van der Waals surface area (Å²) in [4.78, 5) is 16.3. The first-order valence-electron chi connectivity index (χ1n) is 7.12. The van der Waals surface area contributed by atoms with Gasteiger partial charge in [-0.15, -0.1) is 0 Å². The molecule has 0 N–H and O–H groups in total. The molecule has 0 radical (unpaired) electrons. The molecule has 0 fully saturated rings. The fraction of sp³-hybridized carbons (Fsp3) is 0.467. The number of rotatable bonds is 6. The lowest BCUT2D eigenvalue weighted by molar-refractivity contribution is 0.0601. The highest BCUT2D eigenvalue weighted by atomic mass is 79.9. The molecule has 0 amide bonds. The van der Waals surface area contributed by atoms with Crippen molar-refractivity contribution in [2.24, 2.45) is 0 Å². The smallest absolute Gasteiger partial charge is 0.340 e. The van der Waals surface area contributed by atoms with Gasteiger partial charge in [-0.25, -0.2) is 9.78 Å². The number of halogens is 1. The van der Waals surface area contributed by atoms with Crippen molar-refractivity contribution in [3.8, 4) is 0 Å². The van der Waals surface area contributed by atoms with E-state index in [1.54, 1.807) is 12.4 Å². The summed E-state index contributed by atoms with van der Waals surface area (Å²) >= 11 is 3.38. The molecule has 0 aliphatic carbocycles. The van der Waals surface area contributed by atoms with Crippen molar-refractivity contribution in [1.82, 2.24) is 9.55 Å². The van der Waals surface area contributed by atoms with Crippen LogP contribution in [0.15, 0.2) is 22.9 Å². The Balaban J connectivity index is 2.21. The first-order chi connectivity index (χ1) is 10.3. The third-order valence-corrected chi connectivity index (χ3v) is 5.45. The summed E-state index contributed by atoms with van der Waals surface area (Å²) in [6.07, 6.45) is 3.45. The molecule has 2 aromatic heterocycles. The van der Waals surface area contributed by atoms with E-state index < -0.39 is 8.07 Å². The molecule has 7 heteroatoms. The number of carbonyl (C=O) groups is 1. The van der Waals surface area contributed by atoms with Crippen LogP contribution in [0.25, 0.3) is 11.0 Å². The average Bonchev–Trinajstić information content (AvgIpc) is 2.79. The zero-order chi connectivity index (χ0) is 16.3. The van der Waals surface area contributed by atoms with Crippen LogP contribution in [0.2, 0.25) is 25.7 Å². The molecule has 0 aromatic carbocycles. The van der Waals surface area contributed by atoms with E-state index in [1.807, 2.05) is 10.6 Å². The van der Waals surface area contributed by atoms with Crippen LogP contribution in [-0.2, 0) is 16.2 Å². The summed E-state index contributed by atoms with van der Waals surface area (Å²) in [5, 5.41) is 0.759. The molecular formula is C15H21BrN2O3Si. The maximum atomic E-state index is 11.9. The van der Waals surface area contributed by atoms with Gasteiger partial charge in [0.1, 0.15) is 12.4 Å². The minimum absolute atomic E-state index is 0.370. The number of ether oxygens (including phenoxy) is 2. The summed E-state index contributed by atoms with van der Waals surface area (Å²) in [6, 6.07) is 2.97. The predicted octanol–water partition coefficient (Wildman–Crippen LogP) is 3.90. The van der Waals surface area contributed by atoms with Crippen LogP contribution < -0.4 is 0 Å². The van der Waals surface area contributed by atoms with E-state index in [9.17, 15) is 4.79 Å². The lowest BCUT2D eigenvalue weighted by Crippen LogP contribution is -2.22. The number of methoxy groups -OCH3 is 1. The van der Waals surface area contributed by atoms with Crippen LogP contribution in [0.1, 0.15) is 10.4 Å². The lowest BCUT2D eigenvalue weighted by atomic mass is 10.2. The second kappa shape index (κ2) is 6.93. The molecular weight excluding hydrogens is 364 g/mol. The molecule has 0 saturated heterocycles. The van der Waals surface area contributed by atoms with E-state index in [4.69, 9.17) is 9.47 Å². The fourth-order valence-electron chi connectivity index (χ4n) is 2.06. The number of esters is 1. The standard InChI is InChI=1S/C15H21BrN2O3Si/c1-20-15(19)13-9-18(10-21-5-6-22(2,3)4)14-12(13)7-11(16)8-17-14/h7-9H,5-6,10H2,1-4H3. The van der Waals surface area contributed by atoms with E-state index in [-0.39, 0.29) is 5.97 Å². The number of carbonyl (C=O) groups excluding carboxylic acids is 1. The number of pyridine rings is 1. The Hall–Kier alpha value is -1.18. The van der Waals surface area contributed by atoms with Gasteiger partial charge in [0.25, 0.3) is 0 Å². The van der Waals surface area contributed by atoms with E-state index >= 15 is 0 Å².